The molecular weight excluding hydrogens is 326 g/mol. The number of piperidine rings is 1. The third kappa shape index (κ3) is 3.69. The zero-order valence-electron chi connectivity index (χ0n) is 14.8. The molecule has 2 aromatic heterocycles. The van der Waals surface area contributed by atoms with Crippen molar-refractivity contribution in [3.63, 3.8) is 0 Å². The van der Waals surface area contributed by atoms with Crippen molar-refractivity contribution in [3.8, 4) is 6.07 Å². The lowest BCUT2D eigenvalue weighted by Crippen LogP contribution is -2.57. The molecule has 0 saturated carbocycles. The maximum absolute atomic E-state index is 8.94. The Kier molecular flexibility index (Phi) is 4.83. The van der Waals surface area contributed by atoms with Gasteiger partial charge in [0.15, 0.2) is 0 Å². The minimum Gasteiger partial charge on any atom is -0.371 e. The second kappa shape index (κ2) is 7.40. The van der Waals surface area contributed by atoms with Crippen LogP contribution in [-0.4, -0.2) is 53.3 Å². The molecule has 4 heterocycles. The van der Waals surface area contributed by atoms with Gasteiger partial charge in [0.1, 0.15) is 11.9 Å². The minimum absolute atomic E-state index is 0.0841. The van der Waals surface area contributed by atoms with Crippen molar-refractivity contribution in [2.24, 2.45) is 0 Å². The number of hydrogen-bond donors (Lipinski definition) is 0. The van der Waals surface area contributed by atoms with Gasteiger partial charge >= 0.3 is 0 Å². The first-order valence-corrected chi connectivity index (χ1v) is 9.13. The third-order valence-corrected chi connectivity index (χ3v) is 5.35. The van der Waals surface area contributed by atoms with Crippen LogP contribution in [0.2, 0.25) is 0 Å². The zero-order chi connectivity index (χ0) is 17.8. The number of nitrogens with zero attached hydrogens (tertiary/aromatic N) is 5. The Bertz CT molecular complexity index is 763. The van der Waals surface area contributed by atoms with Gasteiger partial charge < -0.3 is 9.64 Å². The maximum atomic E-state index is 8.94. The lowest BCUT2D eigenvalue weighted by atomic mass is 9.89. The van der Waals surface area contributed by atoms with Gasteiger partial charge in [-0.3, -0.25) is 9.88 Å². The molecule has 2 fully saturated rings. The molecule has 6 nitrogen and oxygen atoms in total. The van der Waals surface area contributed by atoms with E-state index in [1.54, 1.807) is 6.20 Å². The number of pyridine rings is 2. The molecule has 2 aliphatic rings. The van der Waals surface area contributed by atoms with E-state index in [0.29, 0.717) is 5.56 Å². The Morgan fingerprint density at radius 1 is 1.15 bits per heavy atom. The van der Waals surface area contributed by atoms with Gasteiger partial charge in [0.25, 0.3) is 0 Å². The lowest BCUT2D eigenvalue weighted by molar-refractivity contribution is -0.0922. The summed E-state index contributed by atoms with van der Waals surface area (Å²) in [6, 6.07) is 10.0. The summed E-state index contributed by atoms with van der Waals surface area (Å²) < 4.78 is 6.24. The number of morpholine rings is 1. The molecule has 0 N–H and O–H groups in total. The summed E-state index contributed by atoms with van der Waals surface area (Å²) in [7, 11) is 0. The van der Waals surface area contributed by atoms with Gasteiger partial charge in [-0.2, -0.15) is 5.26 Å². The van der Waals surface area contributed by atoms with Gasteiger partial charge in [-0.15, -0.1) is 0 Å². The van der Waals surface area contributed by atoms with E-state index < -0.39 is 0 Å². The van der Waals surface area contributed by atoms with Crippen molar-refractivity contribution in [3.05, 3.63) is 54.0 Å². The van der Waals surface area contributed by atoms with Crippen LogP contribution in [0, 0.1) is 11.3 Å². The van der Waals surface area contributed by atoms with Crippen molar-refractivity contribution < 1.29 is 4.74 Å². The largest absolute Gasteiger partial charge is 0.371 e. The molecule has 0 amide bonds. The van der Waals surface area contributed by atoms with Crippen LogP contribution in [0.25, 0.3) is 0 Å². The van der Waals surface area contributed by atoms with Gasteiger partial charge in [0.05, 0.1) is 17.8 Å². The maximum Gasteiger partial charge on any atom is 0.128 e. The van der Waals surface area contributed by atoms with Crippen molar-refractivity contribution in [2.75, 3.05) is 37.7 Å². The zero-order valence-corrected chi connectivity index (χ0v) is 14.8. The van der Waals surface area contributed by atoms with E-state index in [4.69, 9.17) is 10.00 Å². The summed E-state index contributed by atoms with van der Waals surface area (Å²) in [4.78, 5) is 13.4. The highest BCUT2D eigenvalue weighted by Gasteiger charge is 2.40. The minimum atomic E-state index is -0.0841. The van der Waals surface area contributed by atoms with Crippen LogP contribution in [0.1, 0.15) is 24.0 Å². The molecule has 6 heteroatoms. The highest BCUT2D eigenvalue weighted by Crippen LogP contribution is 2.32. The molecule has 4 rings (SSSR count). The average Bonchev–Trinajstić information content (AvgIpc) is 2.71. The molecule has 0 aromatic carbocycles. The van der Waals surface area contributed by atoms with E-state index >= 15 is 0 Å². The summed E-state index contributed by atoms with van der Waals surface area (Å²) in [5.41, 5.74) is 1.77. The molecule has 0 atom stereocenters. The molecule has 0 aliphatic carbocycles. The highest BCUT2D eigenvalue weighted by molar-refractivity contribution is 5.42. The van der Waals surface area contributed by atoms with Crippen LogP contribution < -0.4 is 4.90 Å². The van der Waals surface area contributed by atoms with Gasteiger partial charge in [0.2, 0.25) is 0 Å². The number of rotatable bonds is 3. The number of aromatic nitrogens is 2. The predicted molar refractivity (Wildman–Crippen MR) is 98.6 cm³/mol. The summed E-state index contributed by atoms with van der Waals surface area (Å²) in [6.07, 6.45) is 7.46. The van der Waals surface area contributed by atoms with E-state index in [9.17, 15) is 0 Å². The van der Waals surface area contributed by atoms with E-state index in [-0.39, 0.29) is 5.60 Å². The lowest BCUT2D eigenvalue weighted by Gasteiger charge is -2.47. The molecule has 0 radical (unpaired) electrons. The standard InChI is InChI=1S/C20H23N5O/c21-12-17-3-4-19(23-14-17)25-10-11-26-20(16-25)5-8-24(9-6-20)15-18-2-1-7-22-13-18/h1-4,7,13-14H,5-6,8-11,15-16H2. The molecule has 2 aromatic rings. The van der Waals surface area contributed by atoms with E-state index in [1.165, 1.54) is 5.56 Å². The Hall–Kier alpha value is -2.49. The Morgan fingerprint density at radius 3 is 2.73 bits per heavy atom. The first-order valence-electron chi connectivity index (χ1n) is 9.13. The third-order valence-electron chi connectivity index (χ3n) is 5.35. The molecule has 0 unspecified atom stereocenters. The van der Waals surface area contributed by atoms with E-state index in [2.05, 4.69) is 31.9 Å². The van der Waals surface area contributed by atoms with Crippen molar-refractivity contribution >= 4 is 5.82 Å². The number of nitriles is 1. The Morgan fingerprint density at radius 2 is 2.04 bits per heavy atom. The van der Waals surface area contributed by atoms with Crippen LogP contribution in [0.15, 0.2) is 42.9 Å². The normalized spacial score (nSPS) is 20.0. The quantitative estimate of drug-likeness (QED) is 0.847. The number of anilines is 1. The second-order valence-electron chi connectivity index (χ2n) is 7.11. The van der Waals surface area contributed by atoms with Crippen LogP contribution in [0.5, 0.6) is 0 Å². The molecule has 0 bridgehead atoms. The average molecular weight is 349 g/mol. The second-order valence-corrected chi connectivity index (χ2v) is 7.11. The number of hydrogen-bond acceptors (Lipinski definition) is 6. The fourth-order valence-electron chi connectivity index (χ4n) is 3.85. The molecule has 134 valence electrons. The fraction of sp³-hybridized carbons (Fsp3) is 0.450. The monoisotopic (exact) mass is 349 g/mol. The first kappa shape index (κ1) is 17.0. The van der Waals surface area contributed by atoms with Crippen molar-refractivity contribution in [1.82, 2.24) is 14.9 Å². The first-order chi connectivity index (χ1) is 12.8. The smallest absolute Gasteiger partial charge is 0.128 e. The van der Waals surface area contributed by atoms with Crippen molar-refractivity contribution in [2.45, 2.75) is 25.0 Å². The topological polar surface area (TPSA) is 65.3 Å². The Labute approximate surface area is 154 Å². The number of ether oxygens (including phenoxy) is 1. The van der Waals surface area contributed by atoms with Gasteiger partial charge in [-0.1, -0.05) is 6.07 Å². The molecule has 2 saturated heterocycles. The van der Waals surface area contributed by atoms with E-state index in [1.807, 2.05) is 30.6 Å². The van der Waals surface area contributed by atoms with Gasteiger partial charge in [-0.05, 0) is 36.6 Å². The summed E-state index contributed by atoms with van der Waals surface area (Å²) in [5, 5.41) is 8.94. The Balaban J connectivity index is 1.37. The van der Waals surface area contributed by atoms with Crippen LogP contribution in [0.3, 0.4) is 0 Å². The van der Waals surface area contributed by atoms with Crippen molar-refractivity contribution in [1.29, 1.82) is 5.26 Å². The van der Waals surface area contributed by atoms with Crippen LogP contribution >= 0.6 is 0 Å². The summed E-state index contributed by atoms with van der Waals surface area (Å²) in [6.45, 7) is 5.45. The summed E-state index contributed by atoms with van der Waals surface area (Å²) in [5.74, 6) is 0.935. The predicted octanol–water partition coefficient (Wildman–Crippen LogP) is 2.22. The SMILES string of the molecule is N#Cc1ccc(N2CCOC3(CCN(Cc4cccnc4)CC3)C2)nc1. The van der Waals surface area contributed by atoms with Crippen LogP contribution in [0.4, 0.5) is 5.82 Å². The van der Waals surface area contributed by atoms with Gasteiger partial charge in [0, 0.05) is 51.3 Å². The molecule has 26 heavy (non-hydrogen) atoms. The highest BCUT2D eigenvalue weighted by atomic mass is 16.5. The molecule has 2 aliphatic heterocycles. The van der Waals surface area contributed by atoms with Gasteiger partial charge in [-0.25, -0.2) is 4.98 Å². The fourth-order valence-corrected chi connectivity index (χ4v) is 3.85. The summed E-state index contributed by atoms with van der Waals surface area (Å²) >= 11 is 0. The van der Waals surface area contributed by atoms with Crippen LogP contribution in [-0.2, 0) is 11.3 Å². The molecule has 1 spiro atoms. The molecular formula is C20H23N5O. The van der Waals surface area contributed by atoms with E-state index in [0.717, 1.165) is 58.0 Å². The number of likely N-dealkylation sites (tertiary alicyclic amines) is 1.